The molecule has 1 aliphatic carbocycles. The lowest BCUT2D eigenvalue weighted by Gasteiger charge is -2.19. The summed E-state index contributed by atoms with van der Waals surface area (Å²) in [6.45, 7) is 1.88. The standard InChI is InChI=1S/C18H19ClN2O2/c1-12-15(19)4-3-5-16(12)20-17(22)21-18(10-11-18)13-6-8-14(23-2)9-7-13/h3-9H,10-11H2,1-2H3,(H2,20,21,22). The zero-order valence-electron chi connectivity index (χ0n) is 13.2. The molecular weight excluding hydrogens is 312 g/mol. The molecule has 0 spiro atoms. The lowest BCUT2D eigenvalue weighted by molar-refractivity contribution is 0.247. The lowest BCUT2D eigenvalue weighted by atomic mass is 10.1. The number of halogens is 1. The summed E-state index contributed by atoms with van der Waals surface area (Å²) in [4.78, 5) is 12.3. The van der Waals surface area contributed by atoms with E-state index in [2.05, 4.69) is 10.6 Å². The van der Waals surface area contributed by atoms with Crippen molar-refractivity contribution in [1.29, 1.82) is 0 Å². The third-order valence-corrected chi connectivity index (χ3v) is 4.67. The molecule has 4 nitrogen and oxygen atoms in total. The van der Waals surface area contributed by atoms with E-state index < -0.39 is 0 Å². The van der Waals surface area contributed by atoms with Crippen molar-refractivity contribution in [2.45, 2.75) is 25.3 Å². The Morgan fingerprint density at radius 2 is 1.87 bits per heavy atom. The van der Waals surface area contributed by atoms with E-state index in [1.807, 2.05) is 43.3 Å². The molecule has 0 radical (unpaired) electrons. The molecule has 0 saturated heterocycles. The van der Waals surface area contributed by atoms with Crippen LogP contribution in [0.3, 0.4) is 0 Å². The minimum atomic E-state index is -0.275. The third-order valence-electron chi connectivity index (χ3n) is 4.26. The van der Waals surface area contributed by atoms with Gasteiger partial charge in [-0.2, -0.15) is 0 Å². The molecule has 0 heterocycles. The van der Waals surface area contributed by atoms with Gasteiger partial charge < -0.3 is 15.4 Å². The number of ether oxygens (including phenoxy) is 1. The molecule has 0 atom stereocenters. The van der Waals surface area contributed by atoms with Crippen LogP contribution in [0, 0.1) is 6.92 Å². The number of methoxy groups -OCH3 is 1. The highest BCUT2D eigenvalue weighted by molar-refractivity contribution is 6.31. The van der Waals surface area contributed by atoms with Crippen LogP contribution < -0.4 is 15.4 Å². The maximum Gasteiger partial charge on any atom is 0.319 e. The van der Waals surface area contributed by atoms with Gasteiger partial charge in [0.1, 0.15) is 5.75 Å². The molecule has 0 unspecified atom stereocenters. The fourth-order valence-electron chi connectivity index (χ4n) is 2.63. The van der Waals surface area contributed by atoms with Crippen LogP contribution in [0.1, 0.15) is 24.0 Å². The molecule has 3 rings (SSSR count). The van der Waals surface area contributed by atoms with Gasteiger partial charge in [-0.3, -0.25) is 0 Å². The molecule has 1 aliphatic rings. The van der Waals surface area contributed by atoms with Crippen molar-refractivity contribution in [1.82, 2.24) is 5.32 Å². The summed E-state index contributed by atoms with van der Waals surface area (Å²) in [7, 11) is 1.64. The van der Waals surface area contributed by atoms with Crippen LogP contribution in [0.25, 0.3) is 0 Å². The fourth-order valence-corrected chi connectivity index (χ4v) is 2.81. The van der Waals surface area contributed by atoms with Crippen molar-refractivity contribution in [3.63, 3.8) is 0 Å². The predicted molar refractivity (Wildman–Crippen MR) is 92.2 cm³/mol. The first kappa shape index (κ1) is 15.7. The first-order valence-corrected chi connectivity index (χ1v) is 7.91. The summed E-state index contributed by atoms with van der Waals surface area (Å²) in [6.07, 6.45) is 1.86. The number of anilines is 1. The molecule has 2 aromatic rings. The minimum absolute atomic E-state index is 0.219. The van der Waals surface area contributed by atoms with Crippen molar-refractivity contribution in [2.75, 3.05) is 12.4 Å². The van der Waals surface area contributed by atoms with E-state index in [0.717, 1.165) is 35.4 Å². The zero-order chi connectivity index (χ0) is 16.4. The topological polar surface area (TPSA) is 50.4 Å². The first-order valence-electron chi connectivity index (χ1n) is 7.53. The van der Waals surface area contributed by atoms with E-state index in [1.54, 1.807) is 13.2 Å². The number of hydrogen-bond donors (Lipinski definition) is 2. The molecule has 0 aromatic heterocycles. The molecule has 1 saturated carbocycles. The van der Waals surface area contributed by atoms with Gasteiger partial charge in [-0.1, -0.05) is 29.8 Å². The molecule has 2 aromatic carbocycles. The van der Waals surface area contributed by atoms with Gasteiger partial charge >= 0.3 is 6.03 Å². The van der Waals surface area contributed by atoms with Gasteiger partial charge in [0.2, 0.25) is 0 Å². The summed E-state index contributed by atoms with van der Waals surface area (Å²) in [5, 5.41) is 6.60. The Labute approximate surface area is 140 Å². The first-order chi connectivity index (χ1) is 11.0. The van der Waals surface area contributed by atoms with Crippen LogP contribution in [0.5, 0.6) is 5.75 Å². The summed E-state index contributed by atoms with van der Waals surface area (Å²) in [6, 6.07) is 13.1. The molecule has 1 fully saturated rings. The molecule has 2 amide bonds. The Morgan fingerprint density at radius 3 is 2.48 bits per heavy atom. The maximum absolute atomic E-state index is 12.3. The van der Waals surface area contributed by atoms with Gasteiger partial charge in [0, 0.05) is 10.7 Å². The highest BCUT2D eigenvalue weighted by atomic mass is 35.5. The second kappa shape index (κ2) is 6.13. The van der Waals surface area contributed by atoms with E-state index in [4.69, 9.17) is 16.3 Å². The molecular formula is C18H19ClN2O2. The Bertz CT molecular complexity index is 724. The zero-order valence-corrected chi connectivity index (χ0v) is 13.9. The number of amides is 2. The Balaban J connectivity index is 1.70. The molecule has 23 heavy (non-hydrogen) atoms. The lowest BCUT2D eigenvalue weighted by Crippen LogP contribution is -2.38. The average Bonchev–Trinajstić information content (AvgIpc) is 3.32. The Morgan fingerprint density at radius 1 is 1.17 bits per heavy atom. The summed E-state index contributed by atoms with van der Waals surface area (Å²) < 4.78 is 5.17. The normalized spacial score (nSPS) is 14.9. The SMILES string of the molecule is COc1ccc(C2(NC(=O)Nc3cccc(Cl)c3C)CC2)cc1. The van der Waals surface area contributed by atoms with Crippen molar-refractivity contribution in [3.8, 4) is 5.75 Å². The molecule has 5 heteroatoms. The predicted octanol–water partition coefficient (Wildman–Crippen LogP) is 4.47. The van der Waals surface area contributed by atoms with Crippen molar-refractivity contribution < 1.29 is 9.53 Å². The van der Waals surface area contributed by atoms with E-state index in [9.17, 15) is 4.79 Å². The summed E-state index contributed by atoms with van der Waals surface area (Å²) in [5.74, 6) is 0.809. The number of carbonyl (C=O) groups is 1. The maximum atomic E-state index is 12.3. The van der Waals surface area contributed by atoms with Crippen LogP contribution in [-0.2, 0) is 5.54 Å². The number of urea groups is 1. The van der Waals surface area contributed by atoms with Gasteiger partial charge in [-0.05, 0) is 55.2 Å². The highest BCUT2D eigenvalue weighted by Crippen LogP contribution is 2.45. The van der Waals surface area contributed by atoms with E-state index in [0.29, 0.717) is 5.02 Å². The number of hydrogen-bond acceptors (Lipinski definition) is 2. The van der Waals surface area contributed by atoms with Gasteiger partial charge in [0.15, 0.2) is 0 Å². The molecule has 2 N–H and O–H groups in total. The summed E-state index contributed by atoms with van der Waals surface area (Å²) >= 11 is 6.08. The smallest absolute Gasteiger partial charge is 0.319 e. The molecule has 0 aliphatic heterocycles. The van der Waals surface area contributed by atoms with Gasteiger partial charge in [-0.25, -0.2) is 4.79 Å². The van der Waals surface area contributed by atoms with Gasteiger partial charge in [-0.15, -0.1) is 0 Å². The number of carbonyl (C=O) groups excluding carboxylic acids is 1. The second-order valence-corrected chi connectivity index (χ2v) is 6.21. The van der Waals surface area contributed by atoms with Crippen LogP contribution in [0.4, 0.5) is 10.5 Å². The Hall–Kier alpha value is -2.20. The monoisotopic (exact) mass is 330 g/mol. The largest absolute Gasteiger partial charge is 0.497 e. The average molecular weight is 331 g/mol. The van der Waals surface area contributed by atoms with Crippen LogP contribution >= 0.6 is 11.6 Å². The van der Waals surface area contributed by atoms with Crippen LogP contribution in [0.2, 0.25) is 5.02 Å². The number of benzene rings is 2. The van der Waals surface area contributed by atoms with Crippen LogP contribution in [-0.4, -0.2) is 13.1 Å². The van der Waals surface area contributed by atoms with Crippen LogP contribution in [0.15, 0.2) is 42.5 Å². The fraction of sp³-hybridized carbons (Fsp3) is 0.278. The molecule has 120 valence electrons. The van der Waals surface area contributed by atoms with Gasteiger partial charge in [0.25, 0.3) is 0 Å². The van der Waals surface area contributed by atoms with E-state index in [1.165, 1.54) is 0 Å². The Kier molecular flexibility index (Phi) is 4.18. The second-order valence-electron chi connectivity index (χ2n) is 5.80. The van der Waals surface area contributed by atoms with Crippen molar-refractivity contribution in [3.05, 3.63) is 58.6 Å². The van der Waals surface area contributed by atoms with Gasteiger partial charge in [0.05, 0.1) is 12.6 Å². The summed E-state index contributed by atoms with van der Waals surface area (Å²) in [5.41, 5.74) is 2.40. The molecule has 0 bridgehead atoms. The van der Waals surface area contributed by atoms with E-state index in [-0.39, 0.29) is 11.6 Å². The van der Waals surface area contributed by atoms with Crippen molar-refractivity contribution in [2.24, 2.45) is 0 Å². The highest BCUT2D eigenvalue weighted by Gasteiger charge is 2.45. The van der Waals surface area contributed by atoms with Crippen molar-refractivity contribution >= 4 is 23.3 Å². The number of nitrogens with one attached hydrogen (secondary N) is 2. The van der Waals surface area contributed by atoms with E-state index >= 15 is 0 Å². The number of rotatable bonds is 4. The quantitative estimate of drug-likeness (QED) is 0.869. The minimum Gasteiger partial charge on any atom is -0.497 e. The third kappa shape index (κ3) is 3.27.